The molecule has 0 radical (unpaired) electrons. The van der Waals surface area contributed by atoms with E-state index in [0.29, 0.717) is 18.7 Å². The van der Waals surface area contributed by atoms with E-state index in [2.05, 4.69) is 10.6 Å². The molecule has 0 bridgehead atoms. The Kier molecular flexibility index (Phi) is 5.01. The number of rotatable bonds is 6. The third kappa shape index (κ3) is 3.74. The lowest BCUT2D eigenvalue weighted by Crippen LogP contribution is -2.23. The summed E-state index contributed by atoms with van der Waals surface area (Å²) in [6, 6.07) is 9.39. The summed E-state index contributed by atoms with van der Waals surface area (Å²) in [5.41, 5.74) is 8.24. The van der Waals surface area contributed by atoms with Crippen molar-refractivity contribution in [1.82, 2.24) is 5.32 Å². The molecule has 0 unspecified atom stereocenters. The summed E-state index contributed by atoms with van der Waals surface area (Å²) < 4.78 is 0. The third-order valence-corrected chi connectivity index (χ3v) is 3.83. The summed E-state index contributed by atoms with van der Waals surface area (Å²) in [5, 5.41) is 8.13. The molecule has 2 rings (SSSR count). The van der Waals surface area contributed by atoms with E-state index in [0.717, 1.165) is 22.7 Å². The van der Waals surface area contributed by atoms with Crippen molar-refractivity contribution in [2.24, 2.45) is 0 Å². The maximum Gasteiger partial charge on any atom is 0.251 e. The van der Waals surface area contributed by atoms with E-state index in [-0.39, 0.29) is 5.91 Å². The van der Waals surface area contributed by atoms with Gasteiger partial charge in [-0.3, -0.25) is 4.79 Å². The molecule has 1 heterocycles. The van der Waals surface area contributed by atoms with Crippen LogP contribution < -0.4 is 16.4 Å². The maximum atomic E-state index is 11.9. The van der Waals surface area contributed by atoms with Crippen molar-refractivity contribution in [3.8, 4) is 0 Å². The van der Waals surface area contributed by atoms with Gasteiger partial charge in [-0.05, 0) is 36.1 Å². The number of nitrogen functional groups attached to an aromatic ring is 1. The lowest BCUT2D eigenvalue weighted by molar-refractivity contribution is 0.0953. The van der Waals surface area contributed by atoms with Crippen LogP contribution in [0.25, 0.3) is 0 Å². The van der Waals surface area contributed by atoms with Gasteiger partial charge in [-0.2, -0.15) is 0 Å². The first-order valence-electron chi connectivity index (χ1n) is 6.64. The predicted molar refractivity (Wildman–Crippen MR) is 85.1 cm³/mol. The number of amides is 1. The van der Waals surface area contributed by atoms with Crippen molar-refractivity contribution in [3.05, 3.63) is 46.2 Å². The van der Waals surface area contributed by atoms with E-state index in [1.807, 2.05) is 42.6 Å². The zero-order valence-electron chi connectivity index (χ0n) is 11.5. The van der Waals surface area contributed by atoms with Crippen LogP contribution in [0.15, 0.2) is 35.7 Å². The van der Waals surface area contributed by atoms with Crippen molar-refractivity contribution in [3.63, 3.8) is 0 Å². The molecular weight excluding hydrogens is 270 g/mol. The molecule has 0 saturated heterocycles. The maximum absolute atomic E-state index is 11.9. The number of benzene rings is 1. The van der Waals surface area contributed by atoms with Gasteiger partial charge in [0, 0.05) is 28.4 Å². The minimum Gasteiger partial charge on any atom is -0.398 e. The second kappa shape index (κ2) is 6.96. The van der Waals surface area contributed by atoms with Crippen LogP contribution >= 0.6 is 11.3 Å². The molecule has 0 aliphatic rings. The number of thiophene rings is 1. The molecule has 0 spiro atoms. The van der Waals surface area contributed by atoms with E-state index >= 15 is 0 Å². The average molecular weight is 289 g/mol. The second-order valence-electron chi connectivity index (χ2n) is 4.49. The molecule has 106 valence electrons. The second-order valence-corrected chi connectivity index (χ2v) is 5.49. The van der Waals surface area contributed by atoms with Crippen molar-refractivity contribution >= 4 is 28.6 Å². The minimum absolute atomic E-state index is 0.0360. The fraction of sp³-hybridized carbons (Fsp3) is 0.267. The van der Waals surface area contributed by atoms with Crippen LogP contribution in [0.5, 0.6) is 0 Å². The molecule has 20 heavy (non-hydrogen) atoms. The Morgan fingerprint density at radius 1 is 1.35 bits per heavy atom. The summed E-state index contributed by atoms with van der Waals surface area (Å²) in [6.07, 6.45) is 0.932. The van der Waals surface area contributed by atoms with Gasteiger partial charge in [0.1, 0.15) is 0 Å². The summed E-state index contributed by atoms with van der Waals surface area (Å²) in [5.74, 6) is -0.0360. The first-order valence-corrected chi connectivity index (χ1v) is 7.52. The van der Waals surface area contributed by atoms with Crippen LogP contribution in [0.1, 0.15) is 28.6 Å². The molecule has 4 nitrogen and oxygen atoms in total. The van der Waals surface area contributed by atoms with Gasteiger partial charge < -0.3 is 16.4 Å². The quantitative estimate of drug-likeness (QED) is 0.765. The smallest absolute Gasteiger partial charge is 0.251 e. The fourth-order valence-electron chi connectivity index (χ4n) is 1.79. The standard InChI is InChI=1S/C15H19N3OS/c1-2-7-17-15(19)11-4-3-5-12(9-11)18-10-14-13(16)6-8-20-14/h3-6,8-9,18H,2,7,10,16H2,1H3,(H,17,19). The molecule has 0 saturated carbocycles. The van der Waals surface area contributed by atoms with Gasteiger partial charge in [0.05, 0.1) is 6.54 Å². The van der Waals surface area contributed by atoms with E-state index < -0.39 is 0 Å². The summed E-state index contributed by atoms with van der Waals surface area (Å²) >= 11 is 1.62. The van der Waals surface area contributed by atoms with Gasteiger partial charge in [0.15, 0.2) is 0 Å². The van der Waals surface area contributed by atoms with E-state index in [9.17, 15) is 4.79 Å². The Bertz CT molecular complexity index is 580. The zero-order valence-corrected chi connectivity index (χ0v) is 12.3. The van der Waals surface area contributed by atoms with Gasteiger partial charge in [0.2, 0.25) is 0 Å². The minimum atomic E-state index is -0.0360. The van der Waals surface area contributed by atoms with Gasteiger partial charge in [-0.25, -0.2) is 0 Å². The van der Waals surface area contributed by atoms with Crippen molar-refractivity contribution < 1.29 is 4.79 Å². The highest BCUT2D eigenvalue weighted by Gasteiger charge is 2.06. The molecule has 2 aromatic rings. The van der Waals surface area contributed by atoms with Gasteiger partial charge >= 0.3 is 0 Å². The molecule has 0 atom stereocenters. The molecule has 5 heteroatoms. The molecule has 1 aromatic heterocycles. The van der Waals surface area contributed by atoms with Crippen molar-refractivity contribution in [1.29, 1.82) is 0 Å². The first kappa shape index (κ1) is 14.4. The average Bonchev–Trinajstić information content (AvgIpc) is 2.88. The van der Waals surface area contributed by atoms with Crippen LogP contribution in [-0.2, 0) is 6.54 Å². The van der Waals surface area contributed by atoms with Crippen LogP contribution in [0.3, 0.4) is 0 Å². The fourth-order valence-corrected chi connectivity index (χ4v) is 2.53. The molecule has 4 N–H and O–H groups in total. The number of carbonyl (C=O) groups is 1. The first-order chi connectivity index (χ1) is 9.70. The summed E-state index contributed by atoms with van der Waals surface area (Å²) in [4.78, 5) is 13.0. The van der Waals surface area contributed by atoms with Crippen molar-refractivity contribution in [2.75, 3.05) is 17.6 Å². The van der Waals surface area contributed by atoms with Crippen LogP contribution in [0, 0.1) is 0 Å². The van der Waals surface area contributed by atoms with Gasteiger partial charge in [0.25, 0.3) is 5.91 Å². The van der Waals surface area contributed by atoms with E-state index in [1.165, 1.54) is 0 Å². The van der Waals surface area contributed by atoms with E-state index in [4.69, 9.17) is 5.73 Å². The molecule has 0 aliphatic carbocycles. The van der Waals surface area contributed by atoms with Crippen LogP contribution in [0.2, 0.25) is 0 Å². The Labute approximate surface area is 123 Å². The van der Waals surface area contributed by atoms with Crippen LogP contribution in [-0.4, -0.2) is 12.5 Å². The Morgan fingerprint density at radius 2 is 2.20 bits per heavy atom. The highest BCUT2D eigenvalue weighted by Crippen LogP contribution is 2.20. The Hall–Kier alpha value is -2.01. The molecule has 0 fully saturated rings. The summed E-state index contributed by atoms with van der Waals surface area (Å²) in [7, 11) is 0. The monoisotopic (exact) mass is 289 g/mol. The zero-order chi connectivity index (χ0) is 14.4. The largest absolute Gasteiger partial charge is 0.398 e. The number of nitrogens with two attached hydrogens (primary N) is 1. The molecule has 0 aliphatic heterocycles. The molecule has 1 amide bonds. The number of nitrogens with one attached hydrogen (secondary N) is 2. The topological polar surface area (TPSA) is 67.2 Å². The highest BCUT2D eigenvalue weighted by molar-refractivity contribution is 7.10. The number of carbonyl (C=O) groups excluding carboxylic acids is 1. The van der Waals surface area contributed by atoms with Gasteiger partial charge in [-0.1, -0.05) is 13.0 Å². The lowest BCUT2D eigenvalue weighted by atomic mass is 10.2. The number of anilines is 2. The highest BCUT2D eigenvalue weighted by atomic mass is 32.1. The Morgan fingerprint density at radius 3 is 2.90 bits per heavy atom. The SMILES string of the molecule is CCCNC(=O)c1cccc(NCc2sccc2N)c1. The lowest BCUT2D eigenvalue weighted by Gasteiger charge is -2.08. The Balaban J connectivity index is 1.99. The van der Waals surface area contributed by atoms with Gasteiger partial charge in [-0.15, -0.1) is 11.3 Å². The number of hydrogen-bond acceptors (Lipinski definition) is 4. The normalized spacial score (nSPS) is 10.2. The molecule has 1 aromatic carbocycles. The summed E-state index contributed by atoms with van der Waals surface area (Å²) in [6.45, 7) is 3.40. The van der Waals surface area contributed by atoms with Crippen molar-refractivity contribution in [2.45, 2.75) is 19.9 Å². The predicted octanol–water partition coefficient (Wildman–Crippen LogP) is 3.08. The third-order valence-electron chi connectivity index (χ3n) is 2.89. The van der Waals surface area contributed by atoms with Crippen LogP contribution in [0.4, 0.5) is 11.4 Å². The molecular formula is C15H19N3OS. The number of hydrogen-bond donors (Lipinski definition) is 3. The van der Waals surface area contributed by atoms with E-state index in [1.54, 1.807) is 11.3 Å².